The Kier molecular flexibility index (Phi) is 5.30. The summed E-state index contributed by atoms with van der Waals surface area (Å²) < 4.78 is 5.87. The van der Waals surface area contributed by atoms with Crippen LogP contribution < -0.4 is 10.9 Å². The lowest BCUT2D eigenvalue weighted by molar-refractivity contribution is -0.163. The molecule has 0 bridgehead atoms. The van der Waals surface area contributed by atoms with Gasteiger partial charge in [0.25, 0.3) is 5.91 Å². The monoisotopic (exact) mass is 357 g/mol. The maximum Gasteiger partial charge on any atom is 0.254 e. The van der Waals surface area contributed by atoms with Crippen LogP contribution in [0.3, 0.4) is 0 Å². The van der Waals surface area contributed by atoms with Gasteiger partial charge in [0.1, 0.15) is 5.60 Å². The van der Waals surface area contributed by atoms with Gasteiger partial charge in [0.05, 0.1) is 0 Å². The van der Waals surface area contributed by atoms with E-state index in [0.29, 0.717) is 17.9 Å². The van der Waals surface area contributed by atoms with Crippen LogP contribution in [0.1, 0.15) is 50.5 Å². The van der Waals surface area contributed by atoms with Crippen molar-refractivity contribution in [2.45, 2.75) is 56.6 Å². The fraction of sp³-hybridized carbons (Fsp3) is 0.667. The lowest BCUT2D eigenvalue weighted by Crippen LogP contribution is -2.54. The number of hydrazine groups is 1. The zero-order valence-electron chi connectivity index (χ0n) is 15.7. The predicted molar refractivity (Wildman–Crippen MR) is 102 cm³/mol. The number of nitrogens with one attached hydrogen (secondary N) is 2. The molecule has 3 saturated heterocycles. The van der Waals surface area contributed by atoms with Crippen molar-refractivity contribution in [2.24, 2.45) is 5.92 Å². The number of hydrogen-bond acceptors (Lipinski definition) is 4. The molecule has 2 N–H and O–H groups in total. The van der Waals surface area contributed by atoms with Crippen molar-refractivity contribution < 1.29 is 9.53 Å². The van der Waals surface area contributed by atoms with Crippen molar-refractivity contribution >= 4 is 5.91 Å². The van der Waals surface area contributed by atoms with Crippen LogP contribution in [0.2, 0.25) is 0 Å². The van der Waals surface area contributed by atoms with Crippen LogP contribution in [-0.2, 0) is 9.53 Å². The molecule has 3 heterocycles. The van der Waals surface area contributed by atoms with E-state index in [-0.39, 0.29) is 5.91 Å². The van der Waals surface area contributed by atoms with Crippen LogP contribution in [0.15, 0.2) is 30.3 Å². The Morgan fingerprint density at radius 1 is 1.19 bits per heavy atom. The fourth-order valence-corrected chi connectivity index (χ4v) is 4.88. The molecule has 0 aromatic heterocycles. The summed E-state index contributed by atoms with van der Waals surface area (Å²) in [5.41, 5.74) is 7.68. The first-order valence-corrected chi connectivity index (χ1v) is 10.1. The van der Waals surface area contributed by atoms with Crippen LogP contribution in [0.4, 0.5) is 0 Å². The molecule has 1 aromatic rings. The summed E-state index contributed by atoms with van der Waals surface area (Å²) in [6, 6.07) is 11.2. The van der Waals surface area contributed by atoms with Gasteiger partial charge in [-0.25, -0.2) is 0 Å². The van der Waals surface area contributed by atoms with Crippen LogP contribution in [0.25, 0.3) is 0 Å². The summed E-state index contributed by atoms with van der Waals surface area (Å²) in [5.74, 6) is 1.30. The minimum absolute atomic E-state index is 0.202. The standard InChI is InChI=1S/C21H31N3O2/c1-21(11-5-6-14-26-21)20(25)24-12-9-17(10-13-24)19-18(15-22-23-19)16-7-3-2-4-8-16/h2-4,7-8,17-19,22-23H,5-6,9-15H2,1H3. The maximum atomic E-state index is 13.0. The molecular weight excluding hydrogens is 326 g/mol. The number of rotatable bonds is 3. The highest BCUT2D eigenvalue weighted by Gasteiger charge is 2.42. The summed E-state index contributed by atoms with van der Waals surface area (Å²) in [5, 5.41) is 0. The molecule has 5 heteroatoms. The topological polar surface area (TPSA) is 53.6 Å². The predicted octanol–water partition coefficient (Wildman–Crippen LogP) is 2.44. The Bertz CT molecular complexity index is 607. The van der Waals surface area contributed by atoms with E-state index in [1.54, 1.807) is 0 Å². The molecule has 26 heavy (non-hydrogen) atoms. The number of carbonyl (C=O) groups excluding carboxylic acids is 1. The molecule has 1 amide bonds. The second-order valence-electron chi connectivity index (χ2n) is 8.23. The van der Waals surface area contributed by atoms with Gasteiger partial charge in [0.15, 0.2) is 0 Å². The van der Waals surface area contributed by atoms with Gasteiger partial charge in [0.2, 0.25) is 0 Å². The van der Waals surface area contributed by atoms with Gasteiger partial charge in [-0.3, -0.25) is 15.6 Å². The molecule has 0 aliphatic carbocycles. The largest absolute Gasteiger partial charge is 0.365 e. The molecule has 0 saturated carbocycles. The third kappa shape index (κ3) is 3.53. The summed E-state index contributed by atoms with van der Waals surface area (Å²) in [6.07, 6.45) is 5.15. The van der Waals surface area contributed by atoms with E-state index in [9.17, 15) is 4.79 Å². The Morgan fingerprint density at radius 3 is 2.65 bits per heavy atom. The van der Waals surface area contributed by atoms with E-state index in [1.807, 2.05) is 11.8 Å². The van der Waals surface area contributed by atoms with Crippen molar-refractivity contribution in [3.8, 4) is 0 Å². The molecule has 3 aliphatic rings. The minimum Gasteiger partial charge on any atom is -0.365 e. The van der Waals surface area contributed by atoms with E-state index in [4.69, 9.17) is 4.74 Å². The van der Waals surface area contributed by atoms with Gasteiger partial charge in [-0.05, 0) is 50.5 Å². The summed E-state index contributed by atoms with van der Waals surface area (Å²) >= 11 is 0. The fourth-order valence-electron chi connectivity index (χ4n) is 4.88. The third-order valence-corrected chi connectivity index (χ3v) is 6.51. The molecule has 0 spiro atoms. The number of piperidine rings is 1. The molecule has 3 unspecified atom stereocenters. The normalized spacial score (nSPS) is 33.3. The van der Waals surface area contributed by atoms with E-state index in [1.165, 1.54) is 5.56 Å². The van der Waals surface area contributed by atoms with Gasteiger partial charge >= 0.3 is 0 Å². The molecule has 3 fully saturated rings. The molecule has 142 valence electrons. The van der Waals surface area contributed by atoms with E-state index in [0.717, 1.165) is 58.3 Å². The van der Waals surface area contributed by atoms with E-state index < -0.39 is 5.60 Å². The number of nitrogens with zero attached hydrogens (tertiary/aromatic N) is 1. The summed E-state index contributed by atoms with van der Waals surface area (Å²) in [7, 11) is 0. The number of carbonyl (C=O) groups is 1. The van der Waals surface area contributed by atoms with Gasteiger partial charge in [-0.15, -0.1) is 0 Å². The lowest BCUT2D eigenvalue weighted by atomic mass is 9.80. The van der Waals surface area contributed by atoms with Crippen molar-refractivity contribution in [1.29, 1.82) is 0 Å². The lowest BCUT2D eigenvalue weighted by Gasteiger charge is -2.41. The number of benzene rings is 1. The zero-order chi connectivity index (χ0) is 18.0. The third-order valence-electron chi connectivity index (χ3n) is 6.51. The van der Waals surface area contributed by atoms with Crippen molar-refractivity contribution in [2.75, 3.05) is 26.2 Å². The molecule has 5 nitrogen and oxygen atoms in total. The van der Waals surface area contributed by atoms with Gasteiger partial charge < -0.3 is 9.64 Å². The number of ether oxygens (including phenoxy) is 1. The molecule has 3 atom stereocenters. The van der Waals surface area contributed by atoms with Gasteiger partial charge in [-0.1, -0.05) is 30.3 Å². The van der Waals surface area contributed by atoms with E-state index >= 15 is 0 Å². The quantitative estimate of drug-likeness (QED) is 0.872. The smallest absolute Gasteiger partial charge is 0.254 e. The van der Waals surface area contributed by atoms with Gasteiger partial charge in [0, 0.05) is 38.2 Å². The number of amides is 1. The average Bonchev–Trinajstić information content (AvgIpc) is 3.19. The van der Waals surface area contributed by atoms with Crippen LogP contribution in [0, 0.1) is 5.92 Å². The van der Waals surface area contributed by atoms with Crippen molar-refractivity contribution in [1.82, 2.24) is 15.8 Å². The Balaban J connectivity index is 1.36. The van der Waals surface area contributed by atoms with Crippen molar-refractivity contribution in [3.63, 3.8) is 0 Å². The molecule has 3 aliphatic heterocycles. The highest BCUT2D eigenvalue weighted by atomic mass is 16.5. The highest BCUT2D eigenvalue weighted by Crippen LogP contribution is 2.34. The van der Waals surface area contributed by atoms with E-state index in [2.05, 4.69) is 41.2 Å². The van der Waals surface area contributed by atoms with Gasteiger partial charge in [-0.2, -0.15) is 0 Å². The van der Waals surface area contributed by atoms with Crippen molar-refractivity contribution in [3.05, 3.63) is 35.9 Å². The second-order valence-corrected chi connectivity index (χ2v) is 8.23. The highest BCUT2D eigenvalue weighted by molar-refractivity contribution is 5.85. The first kappa shape index (κ1) is 18.0. The number of hydrogen-bond donors (Lipinski definition) is 2. The average molecular weight is 357 g/mol. The molecule has 1 aromatic carbocycles. The summed E-state index contributed by atoms with van der Waals surface area (Å²) in [6.45, 7) is 5.37. The second kappa shape index (κ2) is 7.67. The van der Waals surface area contributed by atoms with Crippen LogP contribution >= 0.6 is 0 Å². The molecule has 0 radical (unpaired) electrons. The first-order valence-electron chi connectivity index (χ1n) is 10.1. The first-order chi connectivity index (χ1) is 12.7. The SMILES string of the molecule is CC1(C(=O)N2CCC(C3NNCC3c3ccccc3)CC2)CCCCO1. The number of likely N-dealkylation sites (tertiary alicyclic amines) is 1. The Morgan fingerprint density at radius 2 is 1.96 bits per heavy atom. The Labute approximate surface area is 156 Å². The Hall–Kier alpha value is -1.43. The summed E-state index contributed by atoms with van der Waals surface area (Å²) in [4.78, 5) is 15.0. The maximum absolute atomic E-state index is 13.0. The zero-order valence-corrected chi connectivity index (χ0v) is 15.7. The molecular formula is C21H31N3O2. The van der Waals surface area contributed by atoms with Crippen LogP contribution in [-0.4, -0.2) is 48.7 Å². The minimum atomic E-state index is -0.592. The van der Waals surface area contributed by atoms with Crippen LogP contribution in [0.5, 0.6) is 0 Å². The molecule has 4 rings (SSSR count).